The van der Waals surface area contributed by atoms with Crippen molar-refractivity contribution in [2.45, 2.75) is 18.2 Å². The lowest BCUT2D eigenvalue weighted by molar-refractivity contribution is -0.115. The monoisotopic (exact) mass is 399 g/mol. The Hall–Kier alpha value is -2.58. The number of thioether (sulfide) groups is 1. The van der Waals surface area contributed by atoms with Crippen molar-refractivity contribution in [2.24, 2.45) is 0 Å². The molecule has 0 radical (unpaired) electrons. The van der Waals surface area contributed by atoms with Crippen molar-refractivity contribution in [3.8, 4) is 5.75 Å². The van der Waals surface area contributed by atoms with Crippen LogP contribution in [0.1, 0.15) is 23.7 Å². The molecule has 0 bridgehead atoms. The minimum atomic E-state index is -0.259. The Labute approximate surface area is 164 Å². The zero-order valence-electron chi connectivity index (χ0n) is 14.6. The highest BCUT2D eigenvalue weighted by Crippen LogP contribution is 2.32. The number of fused-ring (bicyclic) bond motifs is 2. The summed E-state index contributed by atoms with van der Waals surface area (Å²) in [5.41, 5.74) is 1.97. The second-order valence-electron chi connectivity index (χ2n) is 5.89. The molecule has 0 aliphatic carbocycles. The van der Waals surface area contributed by atoms with Crippen LogP contribution in [0.3, 0.4) is 0 Å². The van der Waals surface area contributed by atoms with Crippen LogP contribution in [0.2, 0.25) is 0 Å². The molecule has 8 heteroatoms. The van der Waals surface area contributed by atoms with Crippen molar-refractivity contribution in [3.63, 3.8) is 0 Å². The third kappa shape index (κ3) is 3.91. The van der Waals surface area contributed by atoms with Gasteiger partial charge in [0.25, 0.3) is 5.91 Å². The predicted octanol–water partition coefficient (Wildman–Crippen LogP) is 4.38. The summed E-state index contributed by atoms with van der Waals surface area (Å²) in [5, 5.41) is 6.22. The van der Waals surface area contributed by atoms with E-state index < -0.39 is 0 Å². The smallest absolute Gasteiger partial charge is 0.257 e. The molecule has 27 heavy (non-hydrogen) atoms. The summed E-state index contributed by atoms with van der Waals surface area (Å²) in [6, 6.07) is 11.0. The molecule has 0 saturated heterocycles. The Balaban J connectivity index is 1.55. The minimum Gasteiger partial charge on any atom is -0.494 e. The average molecular weight is 399 g/mol. The van der Waals surface area contributed by atoms with E-state index in [-0.39, 0.29) is 11.8 Å². The number of thiazole rings is 1. The zero-order chi connectivity index (χ0) is 18.8. The Kier molecular flexibility index (Phi) is 5.00. The number of hydrogen-bond acceptors (Lipinski definition) is 6. The largest absolute Gasteiger partial charge is 0.494 e. The highest BCUT2D eigenvalue weighted by atomic mass is 32.2. The highest BCUT2D eigenvalue weighted by Gasteiger charge is 2.17. The van der Waals surface area contributed by atoms with E-state index in [1.54, 1.807) is 23.9 Å². The third-order valence-electron chi connectivity index (χ3n) is 3.99. The van der Waals surface area contributed by atoms with Gasteiger partial charge in [0.05, 0.1) is 22.5 Å². The first-order valence-corrected chi connectivity index (χ1v) is 10.3. The Bertz CT molecular complexity index is 1030. The van der Waals surface area contributed by atoms with Crippen LogP contribution in [-0.4, -0.2) is 29.2 Å². The van der Waals surface area contributed by atoms with Crippen LogP contribution in [0.4, 0.5) is 10.8 Å². The van der Waals surface area contributed by atoms with Crippen molar-refractivity contribution in [1.82, 2.24) is 4.98 Å². The quantitative estimate of drug-likeness (QED) is 0.680. The first-order chi connectivity index (χ1) is 13.1. The predicted molar refractivity (Wildman–Crippen MR) is 109 cm³/mol. The number of benzene rings is 2. The normalized spacial score (nSPS) is 13.6. The number of nitrogens with zero attached hydrogens (tertiary/aromatic N) is 1. The number of hydrogen-bond donors (Lipinski definition) is 2. The average Bonchev–Trinajstić information content (AvgIpc) is 2.94. The van der Waals surface area contributed by atoms with Gasteiger partial charge in [-0.15, -0.1) is 11.8 Å². The van der Waals surface area contributed by atoms with Gasteiger partial charge in [0, 0.05) is 22.6 Å². The number of aromatic nitrogens is 1. The van der Waals surface area contributed by atoms with Gasteiger partial charge in [-0.2, -0.15) is 0 Å². The molecule has 3 aromatic rings. The van der Waals surface area contributed by atoms with Crippen molar-refractivity contribution < 1.29 is 14.3 Å². The van der Waals surface area contributed by atoms with Gasteiger partial charge in [-0.25, -0.2) is 4.98 Å². The van der Waals surface area contributed by atoms with E-state index in [4.69, 9.17) is 4.74 Å². The molecule has 0 saturated carbocycles. The molecule has 1 aliphatic rings. The van der Waals surface area contributed by atoms with Gasteiger partial charge in [-0.05, 0) is 43.3 Å². The Morgan fingerprint density at radius 3 is 3.04 bits per heavy atom. The first-order valence-electron chi connectivity index (χ1n) is 8.54. The second-order valence-corrected chi connectivity index (χ2v) is 8.06. The van der Waals surface area contributed by atoms with Crippen molar-refractivity contribution in [1.29, 1.82) is 0 Å². The molecule has 0 fully saturated rings. The van der Waals surface area contributed by atoms with Gasteiger partial charge in [-0.1, -0.05) is 11.3 Å². The van der Waals surface area contributed by atoms with E-state index in [2.05, 4.69) is 15.6 Å². The summed E-state index contributed by atoms with van der Waals surface area (Å²) < 4.78 is 6.45. The van der Waals surface area contributed by atoms with Crippen LogP contribution >= 0.6 is 23.1 Å². The second kappa shape index (κ2) is 7.58. The molecule has 4 rings (SSSR count). The standard InChI is InChI=1S/C19H17N3O3S2/c1-2-25-12-4-5-13-16(10-12)27-19(21-13)22-18(24)11-3-6-15-14(9-11)20-17(23)7-8-26-15/h3-6,9-10H,2,7-8H2,1H3,(H,20,23)(H,21,22,24). The van der Waals surface area contributed by atoms with Gasteiger partial charge < -0.3 is 10.1 Å². The molecular weight excluding hydrogens is 382 g/mol. The fraction of sp³-hybridized carbons (Fsp3) is 0.211. The number of nitrogens with one attached hydrogen (secondary N) is 2. The molecule has 2 heterocycles. The van der Waals surface area contributed by atoms with Crippen LogP contribution < -0.4 is 15.4 Å². The van der Waals surface area contributed by atoms with Gasteiger partial charge in [0.2, 0.25) is 5.91 Å². The lowest BCUT2D eigenvalue weighted by Gasteiger charge is -2.08. The van der Waals surface area contributed by atoms with Gasteiger partial charge in [0.1, 0.15) is 5.75 Å². The van der Waals surface area contributed by atoms with Gasteiger partial charge in [0.15, 0.2) is 5.13 Å². The minimum absolute atomic E-state index is 0.0323. The first kappa shape index (κ1) is 17.8. The topological polar surface area (TPSA) is 80.3 Å². The van der Waals surface area contributed by atoms with Crippen LogP contribution in [0.15, 0.2) is 41.3 Å². The van der Waals surface area contributed by atoms with E-state index in [9.17, 15) is 9.59 Å². The molecule has 2 amide bonds. The van der Waals surface area contributed by atoms with Crippen LogP contribution in [0, 0.1) is 0 Å². The lowest BCUT2D eigenvalue weighted by atomic mass is 10.2. The number of carbonyl (C=O) groups is 2. The van der Waals surface area contributed by atoms with Crippen molar-refractivity contribution in [3.05, 3.63) is 42.0 Å². The number of rotatable bonds is 4. The van der Waals surface area contributed by atoms with E-state index in [0.29, 0.717) is 29.4 Å². The van der Waals surface area contributed by atoms with Crippen LogP contribution in [0.5, 0.6) is 5.75 Å². The number of amides is 2. The summed E-state index contributed by atoms with van der Waals surface area (Å²) in [7, 11) is 0. The molecule has 0 atom stereocenters. The lowest BCUT2D eigenvalue weighted by Crippen LogP contribution is -2.14. The number of anilines is 2. The van der Waals surface area contributed by atoms with E-state index >= 15 is 0 Å². The summed E-state index contributed by atoms with van der Waals surface area (Å²) in [5.74, 6) is 1.23. The molecule has 2 N–H and O–H groups in total. The molecule has 6 nitrogen and oxygen atoms in total. The Morgan fingerprint density at radius 1 is 1.30 bits per heavy atom. The number of ether oxygens (including phenoxy) is 1. The van der Waals surface area contributed by atoms with Crippen molar-refractivity contribution >= 4 is 55.9 Å². The summed E-state index contributed by atoms with van der Waals surface area (Å²) in [6.45, 7) is 2.53. The Morgan fingerprint density at radius 2 is 2.19 bits per heavy atom. The molecule has 1 aromatic heterocycles. The van der Waals surface area contributed by atoms with Crippen LogP contribution in [0.25, 0.3) is 10.2 Å². The molecule has 0 spiro atoms. The highest BCUT2D eigenvalue weighted by molar-refractivity contribution is 7.99. The SMILES string of the molecule is CCOc1ccc2nc(NC(=O)c3ccc4c(c3)NC(=O)CCS4)sc2c1. The maximum Gasteiger partial charge on any atom is 0.257 e. The number of carbonyl (C=O) groups excluding carboxylic acids is 2. The van der Waals surface area contributed by atoms with Crippen molar-refractivity contribution in [2.75, 3.05) is 23.0 Å². The summed E-state index contributed by atoms with van der Waals surface area (Å²) in [4.78, 5) is 29.8. The molecule has 0 unspecified atom stereocenters. The molecule has 138 valence electrons. The fourth-order valence-electron chi connectivity index (χ4n) is 2.75. The zero-order valence-corrected chi connectivity index (χ0v) is 16.2. The van der Waals surface area contributed by atoms with Crippen LogP contribution in [-0.2, 0) is 4.79 Å². The fourth-order valence-corrected chi connectivity index (χ4v) is 4.57. The third-order valence-corrected chi connectivity index (χ3v) is 6.00. The summed E-state index contributed by atoms with van der Waals surface area (Å²) >= 11 is 3.00. The van der Waals surface area contributed by atoms with E-state index in [1.807, 2.05) is 31.2 Å². The summed E-state index contributed by atoms with van der Waals surface area (Å²) in [6.07, 6.45) is 0.469. The molecule has 2 aromatic carbocycles. The molecule has 1 aliphatic heterocycles. The van der Waals surface area contributed by atoms with E-state index in [0.717, 1.165) is 26.6 Å². The maximum atomic E-state index is 12.6. The van der Waals surface area contributed by atoms with E-state index in [1.165, 1.54) is 11.3 Å². The maximum absolute atomic E-state index is 12.6. The van der Waals surface area contributed by atoms with Gasteiger partial charge >= 0.3 is 0 Å². The molecular formula is C19H17N3O3S2. The van der Waals surface area contributed by atoms with Gasteiger partial charge in [-0.3, -0.25) is 14.9 Å².